The lowest BCUT2D eigenvalue weighted by molar-refractivity contribution is 0.246. The van der Waals surface area contributed by atoms with E-state index in [0.717, 1.165) is 12.0 Å². The van der Waals surface area contributed by atoms with Crippen LogP contribution >= 0.6 is 0 Å². The molecule has 0 aromatic carbocycles. The molecule has 0 saturated carbocycles. The minimum atomic E-state index is 0.690. The zero-order chi connectivity index (χ0) is 5.70. The fourth-order valence-electron chi connectivity index (χ4n) is 0.246. The SMILES string of the molecule is [CH2]OCCC(=C)C. The van der Waals surface area contributed by atoms with Crippen LogP contribution in [-0.4, -0.2) is 6.61 Å². The summed E-state index contributed by atoms with van der Waals surface area (Å²) in [5, 5.41) is 0. The maximum absolute atomic E-state index is 4.54. The van der Waals surface area contributed by atoms with Crippen molar-refractivity contribution in [2.45, 2.75) is 13.3 Å². The Labute approximate surface area is 45.0 Å². The molecule has 0 amide bonds. The van der Waals surface area contributed by atoms with E-state index >= 15 is 0 Å². The average Bonchev–Trinajstić information content (AvgIpc) is 1.61. The van der Waals surface area contributed by atoms with Crippen LogP contribution in [0, 0.1) is 7.11 Å². The van der Waals surface area contributed by atoms with Gasteiger partial charge >= 0.3 is 0 Å². The molecule has 1 radical (unpaired) electrons. The van der Waals surface area contributed by atoms with Gasteiger partial charge in [0.05, 0.1) is 13.7 Å². The molecule has 0 heterocycles. The molecule has 0 saturated heterocycles. The summed E-state index contributed by atoms with van der Waals surface area (Å²) in [5.74, 6) is 0. The Hall–Kier alpha value is -0.300. The van der Waals surface area contributed by atoms with Crippen LogP contribution < -0.4 is 0 Å². The predicted octanol–water partition coefficient (Wildman–Crippen LogP) is 1.76. The highest BCUT2D eigenvalue weighted by molar-refractivity contribution is 4.86. The van der Waals surface area contributed by atoms with Gasteiger partial charge in [-0.25, -0.2) is 0 Å². The van der Waals surface area contributed by atoms with Crippen molar-refractivity contribution in [3.63, 3.8) is 0 Å². The van der Waals surface area contributed by atoms with E-state index in [4.69, 9.17) is 0 Å². The van der Waals surface area contributed by atoms with Gasteiger partial charge in [-0.1, -0.05) is 5.57 Å². The number of rotatable bonds is 3. The van der Waals surface area contributed by atoms with Crippen molar-refractivity contribution in [3.05, 3.63) is 19.3 Å². The van der Waals surface area contributed by atoms with Gasteiger partial charge in [0.15, 0.2) is 0 Å². The Morgan fingerprint density at radius 2 is 2.29 bits per heavy atom. The van der Waals surface area contributed by atoms with Crippen LogP contribution in [0.1, 0.15) is 13.3 Å². The minimum absolute atomic E-state index is 0.690. The summed E-state index contributed by atoms with van der Waals surface area (Å²) in [4.78, 5) is 0. The zero-order valence-electron chi connectivity index (χ0n) is 4.74. The van der Waals surface area contributed by atoms with Gasteiger partial charge < -0.3 is 4.74 Å². The molecule has 7 heavy (non-hydrogen) atoms. The molecule has 0 aliphatic rings. The molecule has 0 aromatic rings. The average molecular weight is 99.2 g/mol. The molecular formula is C6H11O. The van der Waals surface area contributed by atoms with Crippen LogP contribution in [-0.2, 0) is 4.74 Å². The second-order valence-electron chi connectivity index (χ2n) is 1.62. The van der Waals surface area contributed by atoms with Crippen molar-refractivity contribution in [2.24, 2.45) is 0 Å². The standard InChI is InChI=1S/C6H11O/c1-6(2)4-5-7-3/h1,3-5H2,2H3. The molecular weight excluding hydrogens is 88.1 g/mol. The Bertz CT molecular complexity index is 57.2. The monoisotopic (exact) mass is 99.1 g/mol. The molecule has 0 aromatic heterocycles. The Morgan fingerprint density at radius 1 is 1.71 bits per heavy atom. The Morgan fingerprint density at radius 3 is 2.43 bits per heavy atom. The smallest absolute Gasteiger partial charge is 0.0700 e. The quantitative estimate of drug-likeness (QED) is 0.490. The second kappa shape index (κ2) is 3.88. The van der Waals surface area contributed by atoms with Crippen molar-refractivity contribution >= 4 is 0 Å². The van der Waals surface area contributed by atoms with Crippen molar-refractivity contribution < 1.29 is 4.74 Å². The third-order valence-electron chi connectivity index (χ3n) is 0.673. The normalized spacial score (nSPS) is 8.86. The summed E-state index contributed by atoms with van der Waals surface area (Å²) in [6, 6.07) is 0. The third kappa shape index (κ3) is 5.70. The van der Waals surface area contributed by atoms with Crippen LogP contribution in [0.4, 0.5) is 0 Å². The van der Waals surface area contributed by atoms with Gasteiger partial charge in [0, 0.05) is 0 Å². The van der Waals surface area contributed by atoms with Gasteiger partial charge in [-0.2, -0.15) is 0 Å². The fraction of sp³-hybridized carbons (Fsp3) is 0.500. The number of ether oxygens (including phenoxy) is 1. The summed E-state index contributed by atoms with van der Waals surface area (Å²) in [5.41, 5.74) is 1.14. The van der Waals surface area contributed by atoms with Gasteiger partial charge in [-0.3, -0.25) is 0 Å². The first-order chi connectivity index (χ1) is 3.27. The van der Waals surface area contributed by atoms with Gasteiger partial charge in [0.25, 0.3) is 0 Å². The first-order valence-electron chi connectivity index (χ1n) is 2.28. The predicted molar refractivity (Wildman–Crippen MR) is 30.7 cm³/mol. The van der Waals surface area contributed by atoms with Gasteiger partial charge in [0.2, 0.25) is 0 Å². The van der Waals surface area contributed by atoms with Gasteiger partial charge in [-0.15, -0.1) is 6.58 Å². The molecule has 0 unspecified atom stereocenters. The summed E-state index contributed by atoms with van der Waals surface area (Å²) < 4.78 is 4.54. The van der Waals surface area contributed by atoms with Crippen LogP contribution in [0.5, 0.6) is 0 Å². The maximum Gasteiger partial charge on any atom is 0.0700 e. The van der Waals surface area contributed by atoms with Crippen LogP contribution in [0.25, 0.3) is 0 Å². The molecule has 1 nitrogen and oxygen atoms in total. The summed E-state index contributed by atoms with van der Waals surface area (Å²) in [7, 11) is 3.22. The summed E-state index contributed by atoms with van der Waals surface area (Å²) in [6.07, 6.45) is 0.920. The minimum Gasteiger partial charge on any atom is -0.379 e. The van der Waals surface area contributed by atoms with Crippen molar-refractivity contribution in [1.29, 1.82) is 0 Å². The highest BCUT2D eigenvalue weighted by Crippen LogP contribution is 1.93. The van der Waals surface area contributed by atoms with E-state index in [1.165, 1.54) is 0 Å². The van der Waals surface area contributed by atoms with E-state index in [1.807, 2.05) is 6.92 Å². The van der Waals surface area contributed by atoms with Crippen molar-refractivity contribution in [3.8, 4) is 0 Å². The first-order valence-corrected chi connectivity index (χ1v) is 2.28. The topological polar surface area (TPSA) is 9.23 Å². The molecule has 0 rings (SSSR count). The summed E-state index contributed by atoms with van der Waals surface area (Å²) >= 11 is 0. The Kier molecular flexibility index (Phi) is 3.71. The fourth-order valence-corrected chi connectivity index (χ4v) is 0.246. The van der Waals surface area contributed by atoms with E-state index in [0.29, 0.717) is 6.61 Å². The van der Waals surface area contributed by atoms with E-state index in [9.17, 15) is 0 Å². The van der Waals surface area contributed by atoms with Crippen molar-refractivity contribution in [2.75, 3.05) is 6.61 Å². The molecule has 0 aliphatic heterocycles. The molecule has 0 aliphatic carbocycles. The molecule has 0 bridgehead atoms. The molecule has 0 spiro atoms. The van der Waals surface area contributed by atoms with E-state index in [2.05, 4.69) is 18.4 Å². The lowest BCUT2D eigenvalue weighted by Gasteiger charge is -1.93. The van der Waals surface area contributed by atoms with Crippen LogP contribution in [0.2, 0.25) is 0 Å². The van der Waals surface area contributed by atoms with E-state index in [-0.39, 0.29) is 0 Å². The van der Waals surface area contributed by atoms with E-state index < -0.39 is 0 Å². The molecule has 0 atom stereocenters. The number of hydrogen-bond acceptors (Lipinski definition) is 1. The molecule has 0 fully saturated rings. The molecule has 1 heteroatoms. The zero-order valence-corrected chi connectivity index (χ0v) is 4.74. The van der Waals surface area contributed by atoms with E-state index in [1.54, 1.807) is 0 Å². The largest absolute Gasteiger partial charge is 0.379 e. The lowest BCUT2D eigenvalue weighted by atomic mass is 10.3. The summed E-state index contributed by atoms with van der Waals surface area (Å²) in [6.45, 7) is 6.35. The second-order valence-corrected chi connectivity index (χ2v) is 1.62. The lowest BCUT2D eigenvalue weighted by Crippen LogP contribution is -1.84. The highest BCUT2D eigenvalue weighted by atomic mass is 16.5. The van der Waals surface area contributed by atoms with Crippen LogP contribution in [0.15, 0.2) is 12.2 Å². The molecule has 41 valence electrons. The maximum atomic E-state index is 4.54. The van der Waals surface area contributed by atoms with Crippen LogP contribution in [0.3, 0.4) is 0 Å². The Balaban J connectivity index is 2.82. The highest BCUT2D eigenvalue weighted by Gasteiger charge is 1.81. The van der Waals surface area contributed by atoms with Gasteiger partial charge in [0.1, 0.15) is 0 Å². The van der Waals surface area contributed by atoms with Crippen molar-refractivity contribution in [1.82, 2.24) is 0 Å². The third-order valence-corrected chi connectivity index (χ3v) is 0.673. The number of hydrogen-bond donors (Lipinski definition) is 0. The first kappa shape index (κ1) is 6.70. The molecule has 0 N–H and O–H groups in total. The van der Waals surface area contributed by atoms with Gasteiger partial charge in [-0.05, 0) is 13.3 Å².